The number of H-pyrrole nitrogens is 1. The van der Waals surface area contributed by atoms with Crippen molar-refractivity contribution in [3.63, 3.8) is 0 Å². The lowest BCUT2D eigenvalue weighted by Gasteiger charge is -2.19. The first-order valence-corrected chi connectivity index (χ1v) is 9.05. The van der Waals surface area contributed by atoms with E-state index in [0.717, 1.165) is 0 Å². The maximum atomic E-state index is 12.6. The smallest absolute Gasteiger partial charge is 0.261 e. The molecule has 4 rings (SSSR count). The van der Waals surface area contributed by atoms with E-state index in [9.17, 15) is 13.2 Å². The number of rotatable bonds is 3. The Balaban J connectivity index is 1.67. The molecule has 0 amide bonds. The molecule has 25 heavy (non-hydrogen) atoms. The molecule has 0 fully saturated rings. The summed E-state index contributed by atoms with van der Waals surface area (Å²) in [4.78, 5) is 14.1. The summed E-state index contributed by atoms with van der Waals surface area (Å²) >= 11 is 0. The van der Waals surface area contributed by atoms with Gasteiger partial charge in [-0.3, -0.25) is 9.52 Å². The Hall–Kier alpha value is -3.00. The number of sulfonamides is 1. The zero-order chi connectivity index (χ0) is 17.4. The Morgan fingerprint density at radius 1 is 0.920 bits per heavy atom. The third-order valence-corrected chi connectivity index (χ3v) is 5.18. The van der Waals surface area contributed by atoms with Crippen LogP contribution in [0.5, 0.6) is 11.5 Å². The van der Waals surface area contributed by atoms with E-state index in [2.05, 4.69) is 9.71 Å². The van der Waals surface area contributed by atoms with Crippen LogP contribution in [0.3, 0.4) is 0 Å². The Morgan fingerprint density at radius 2 is 1.72 bits per heavy atom. The van der Waals surface area contributed by atoms with Gasteiger partial charge in [0.05, 0.1) is 10.6 Å². The Bertz CT molecular complexity index is 1120. The van der Waals surface area contributed by atoms with Crippen molar-refractivity contribution in [2.75, 3.05) is 17.9 Å². The van der Waals surface area contributed by atoms with Crippen LogP contribution in [0.4, 0.5) is 5.69 Å². The van der Waals surface area contributed by atoms with E-state index >= 15 is 0 Å². The van der Waals surface area contributed by atoms with Gasteiger partial charge in [0, 0.05) is 17.6 Å². The minimum Gasteiger partial charge on any atom is -0.486 e. The number of pyridine rings is 1. The van der Waals surface area contributed by atoms with E-state index in [1.54, 1.807) is 30.3 Å². The maximum absolute atomic E-state index is 12.6. The van der Waals surface area contributed by atoms with Gasteiger partial charge in [0.15, 0.2) is 11.5 Å². The summed E-state index contributed by atoms with van der Waals surface area (Å²) in [7, 11) is -3.78. The van der Waals surface area contributed by atoms with Gasteiger partial charge in [-0.1, -0.05) is 0 Å². The van der Waals surface area contributed by atoms with Crippen molar-refractivity contribution in [1.82, 2.24) is 4.98 Å². The zero-order valence-corrected chi connectivity index (χ0v) is 13.8. The lowest BCUT2D eigenvalue weighted by molar-refractivity contribution is 0.171. The summed E-state index contributed by atoms with van der Waals surface area (Å²) < 4.78 is 38.7. The number of ether oxygens (including phenoxy) is 2. The highest BCUT2D eigenvalue weighted by atomic mass is 32.2. The molecule has 0 saturated heterocycles. The maximum Gasteiger partial charge on any atom is 0.261 e. The minimum absolute atomic E-state index is 0.0990. The molecule has 7 nitrogen and oxygen atoms in total. The fourth-order valence-corrected chi connectivity index (χ4v) is 3.70. The first-order chi connectivity index (χ1) is 12.0. The van der Waals surface area contributed by atoms with E-state index in [-0.39, 0.29) is 10.5 Å². The average molecular weight is 358 g/mol. The first-order valence-electron chi connectivity index (χ1n) is 7.57. The second kappa shape index (κ2) is 5.82. The molecule has 0 unspecified atom stereocenters. The van der Waals surface area contributed by atoms with Crippen LogP contribution in [-0.4, -0.2) is 26.6 Å². The van der Waals surface area contributed by atoms with E-state index in [1.165, 1.54) is 18.2 Å². The highest BCUT2D eigenvalue weighted by Crippen LogP contribution is 2.33. The van der Waals surface area contributed by atoms with Crippen LogP contribution in [0.1, 0.15) is 0 Å². The topological polar surface area (TPSA) is 97.5 Å². The molecule has 128 valence electrons. The zero-order valence-electron chi connectivity index (χ0n) is 13.0. The van der Waals surface area contributed by atoms with E-state index in [0.29, 0.717) is 41.3 Å². The number of aromatic nitrogens is 1. The Kier molecular flexibility index (Phi) is 3.61. The second-order valence-electron chi connectivity index (χ2n) is 5.54. The number of benzene rings is 2. The van der Waals surface area contributed by atoms with Crippen molar-refractivity contribution in [3.8, 4) is 11.5 Å². The molecular formula is C17H14N2O5S. The highest BCUT2D eigenvalue weighted by Gasteiger charge is 2.17. The van der Waals surface area contributed by atoms with Crippen LogP contribution in [-0.2, 0) is 10.0 Å². The molecule has 0 aliphatic carbocycles. The molecule has 1 aromatic heterocycles. The lowest BCUT2D eigenvalue weighted by atomic mass is 10.2. The normalized spacial score (nSPS) is 13.6. The second-order valence-corrected chi connectivity index (χ2v) is 7.22. The van der Waals surface area contributed by atoms with Crippen LogP contribution < -0.4 is 19.8 Å². The largest absolute Gasteiger partial charge is 0.486 e. The molecule has 0 saturated carbocycles. The molecule has 0 radical (unpaired) electrons. The van der Waals surface area contributed by atoms with Crippen molar-refractivity contribution in [1.29, 1.82) is 0 Å². The van der Waals surface area contributed by atoms with Gasteiger partial charge in [0.1, 0.15) is 13.2 Å². The van der Waals surface area contributed by atoms with Gasteiger partial charge >= 0.3 is 0 Å². The van der Waals surface area contributed by atoms with Gasteiger partial charge in [-0.15, -0.1) is 0 Å². The molecule has 1 aliphatic rings. The molecule has 2 aromatic carbocycles. The third-order valence-electron chi connectivity index (χ3n) is 3.80. The number of hydrogen-bond donors (Lipinski definition) is 2. The van der Waals surface area contributed by atoms with Crippen LogP contribution in [0.2, 0.25) is 0 Å². The fraction of sp³-hybridized carbons (Fsp3) is 0.118. The standard InChI is InChI=1S/C17H14N2O5S/c20-17-6-1-11-9-13(3-4-14(11)18-17)25(21,22)19-12-2-5-15-16(10-12)24-8-7-23-15/h1-6,9-10,19H,7-8H2,(H,18,20). The monoisotopic (exact) mass is 358 g/mol. The predicted octanol–water partition coefficient (Wildman–Crippen LogP) is 2.10. The first kappa shape index (κ1) is 15.5. The Morgan fingerprint density at radius 3 is 2.56 bits per heavy atom. The molecule has 0 spiro atoms. The number of nitrogens with one attached hydrogen (secondary N) is 2. The van der Waals surface area contributed by atoms with Crippen molar-refractivity contribution < 1.29 is 17.9 Å². The third kappa shape index (κ3) is 3.03. The van der Waals surface area contributed by atoms with Crippen molar-refractivity contribution in [2.45, 2.75) is 4.90 Å². The molecular weight excluding hydrogens is 344 g/mol. The summed E-state index contributed by atoms with van der Waals surface area (Å²) in [5.74, 6) is 1.09. The van der Waals surface area contributed by atoms with Crippen molar-refractivity contribution in [3.05, 3.63) is 58.9 Å². The van der Waals surface area contributed by atoms with E-state index in [4.69, 9.17) is 9.47 Å². The number of fused-ring (bicyclic) bond motifs is 2. The quantitative estimate of drug-likeness (QED) is 0.747. The summed E-state index contributed by atoms with van der Waals surface area (Å²) in [5, 5.41) is 0.629. The van der Waals surface area contributed by atoms with Gasteiger partial charge in [-0.2, -0.15) is 0 Å². The minimum atomic E-state index is -3.78. The fourth-order valence-electron chi connectivity index (χ4n) is 2.62. The number of hydrogen-bond acceptors (Lipinski definition) is 5. The highest BCUT2D eigenvalue weighted by molar-refractivity contribution is 7.92. The van der Waals surface area contributed by atoms with Crippen LogP contribution in [0.15, 0.2) is 58.2 Å². The average Bonchev–Trinajstić information content (AvgIpc) is 2.60. The van der Waals surface area contributed by atoms with E-state index < -0.39 is 10.0 Å². The van der Waals surface area contributed by atoms with Gasteiger partial charge < -0.3 is 14.5 Å². The lowest BCUT2D eigenvalue weighted by Crippen LogP contribution is -2.16. The number of aromatic amines is 1. The van der Waals surface area contributed by atoms with E-state index in [1.807, 2.05) is 0 Å². The van der Waals surface area contributed by atoms with Crippen LogP contribution >= 0.6 is 0 Å². The predicted molar refractivity (Wildman–Crippen MR) is 92.8 cm³/mol. The van der Waals surface area contributed by atoms with Gasteiger partial charge in [-0.05, 0) is 41.8 Å². The molecule has 2 N–H and O–H groups in total. The molecule has 1 aliphatic heterocycles. The van der Waals surface area contributed by atoms with Crippen LogP contribution in [0.25, 0.3) is 10.9 Å². The van der Waals surface area contributed by atoms with Crippen LogP contribution in [0, 0.1) is 0 Å². The molecule has 8 heteroatoms. The van der Waals surface area contributed by atoms with Gasteiger partial charge in [-0.25, -0.2) is 8.42 Å². The molecule has 3 aromatic rings. The SMILES string of the molecule is O=c1ccc2cc(S(=O)(=O)Nc3ccc4c(c3)OCCO4)ccc2[nH]1. The van der Waals surface area contributed by atoms with Gasteiger partial charge in [0.2, 0.25) is 5.56 Å². The molecule has 0 bridgehead atoms. The van der Waals surface area contributed by atoms with Crippen molar-refractivity contribution in [2.24, 2.45) is 0 Å². The van der Waals surface area contributed by atoms with Crippen molar-refractivity contribution >= 4 is 26.6 Å². The summed E-state index contributed by atoms with van der Waals surface area (Å²) in [5.41, 5.74) is 0.717. The summed E-state index contributed by atoms with van der Waals surface area (Å²) in [6.07, 6.45) is 0. The number of anilines is 1. The summed E-state index contributed by atoms with van der Waals surface area (Å²) in [6.45, 7) is 0.892. The summed E-state index contributed by atoms with van der Waals surface area (Å²) in [6, 6.07) is 12.3. The Labute approximate surface area is 143 Å². The molecule has 2 heterocycles. The molecule has 0 atom stereocenters. The van der Waals surface area contributed by atoms with Gasteiger partial charge in [0.25, 0.3) is 10.0 Å².